The maximum atomic E-state index is 13.6. The molecule has 1 fully saturated rings. The summed E-state index contributed by atoms with van der Waals surface area (Å²) in [6.07, 6.45) is 0.956. The monoisotopic (exact) mass is 268 g/mol. The molecule has 1 aromatic carbocycles. The summed E-state index contributed by atoms with van der Waals surface area (Å²) in [5.74, 6) is -1.13. The lowest BCUT2D eigenvalue weighted by molar-refractivity contribution is -0.124. The lowest BCUT2D eigenvalue weighted by atomic mass is 10.0. The first-order chi connectivity index (χ1) is 8.99. The van der Waals surface area contributed by atoms with Gasteiger partial charge in [0, 0.05) is 11.6 Å². The van der Waals surface area contributed by atoms with Crippen LogP contribution >= 0.6 is 0 Å². The van der Waals surface area contributed by atoms with Gasteiger partial charge in [0.15, 0.2) is 0 Å². The Labute approximate surface area is 111 Å². The molecule has 0 saturated carbocycles. The van der Waals surface area contributed by atoms with Crippen molar-refractivity contribution in [2.75, 3.05) is 6.54 Å². The molecular weight excluding hydrogens is 250 g/mol. The number of halogens is 2. The van der Waals surface area contributed by atoms with E-state index in [1.54, 1.807) is 6.92 Å². The Kier molecular flexibility index (Phi) is 4.14. The number of rotatable bonds is 3. The Balaban J connectivity index is 2.04. The van der Waals surface area contributed by atoms with Crippen LogP contribution in [0.25, 0.3) is 0 Å². The lowest BCUT2D eigenvalue weighted by Crippen LogP contribution is -2.44. The van der Waals surface area contributed by atoms with E-state index in [9.17, 15) is 13.6 Å². The van der Waals surface area contributed by atoms with Gasteiger partial charge in [-0.15, -0.1) is 0 Å². The summed E-state index contributed by atoms with van der Waals surface area (Å²) >= 11 is 0. The van der Waals surface area contributed by atoms with E-state index in [4.69, 9.17) is 0 Å². The second-order valence-electron chi connectivity index (χ2n) is 5.09. The molecule has 3 atom stereocenters. The van der Waals surface area contributed by atoms with Gasteiger partial charge >= 0.3 is 0 Å². The second kappa shape index (κ2) is 5.65. The predicted octanol–water partition coefficient (Wildman–Crippen LogP) is 2.14. The molecule has 1 saturated heterocycles. The number of carbonyl (C=O) groups excluding carboxylic acids is 1. The third-order valence-electron chi connectivity index (χ3n) is 3.60. The fraction of sp³-hybridized carbons (Fsp3) is 0.500. The largest absolute Gasteiger partial charge is 0.348 e. The highest BCUT2D eigenvalue weighted by molar-refractivity contribution is 5.82. The van der Waals surface area contributed by atoms with Crippen molar-refractivity contribution < 1.29 is 13.6 Å². The maximum absolute atomic E-state index is 13.6. The van der Waals surface area contributed by atoms with Crippen LogP contribution in [0.4, 0.5) is 8.78 Å². The Morgan fingerprint density at radius 1 is 1.47 bits per heavy atom. The van der Waals surface area contributed by atoms with E-state index in [0.717, 1.165) is 19.0 Å². The van der Waals surface area contributed by atoms with E-state index in [1.165, 1.54) is 12.1 Å². The molecule has 0 bridgehead atoms. The van der Waals surface area contributed by atoms with Crippen molar-refractivity contribution >= 4 is 5.91 Å². The van der Waals surface area contributed by atoms with Crippen LogP contribution in [-0.4, -0.2) is 18.5 Å². The topological polar surface area (TPSA) is 41.1 Å². The minimum atomic E-state index is -0.639. The normalized spacial score (nSPS) is 24.2. The third-order valence-corrected chi connectivity index (χ3v) is 3.60. The molecule has 1 amide bonds. The highest BCUT2D eigenvalue weighted by Gasteiger charge is 2.30. The average molecular weight is 268 g/mol. The number of nitrogens with one attached hydrogen (secondary N) is 2. The van der Waals surface area contributed by atoms with Crippen molar-refractivity contribution in [3.05, 3.63) is 35.4 Å². The van der Waals surface area contributed by atoms with Gasteiger partial charge in [0.25, 0.3) is 0 Å². The molecule has 2 N–H and O–H groups in total. The van der Waals surface area contributed by atoms with Gasteiger partial charge in [-0.3, -0.25) is 4.79 Å². The van der Waals surface area contributed by atoms with Gasteiger partial charge < -0.3 is 10.6 Å². The molecule has 0 spiro atoms. The molecule has 1 aromatic rings. The Morgan fingerprint density at radius 3 is 2.79 bits per heavy atom. The van der Waals surface area contributed by atoms with Gasteiger partial charge in [-0.25, -0.2) is 8.78 Å². The summed E-state index contributed by atoms with van der Waals surface area (Å²) in [4.78, 5) is 12.0. The maximum Gasteiger partial charge on any atom is 0.237 e. The summed E-state index contributed by atoms with van der Waals surface area (Å²) in [5, 5.41) is 5.89. The van der Waals surface area contributed by atoms with Gasteiger partial charge in [0.05, 0.1) is 12.1 Å². The van der Waals surface area contributed by atoms with E-state index in [2.05, 4.69) is 10.6 Å². The first-order valence-electron chi connectivity index (χ1n) is 6.47. The number of benzene rings is 1. The second-order valence-corrected chi connectivity index (χ2v) is 5.09. The lowest BCUT2D eigenvalue weighted by Gasteiger charge is -2.20. The van der Waals surface area contributed by atoms with Gasteiger partial charge in [-0.05, 0) is 31.9 Å². The molecule has 0 aromatic heterocycles. The van der Waals surface area contributed by atoms with Crippen LogP contribution < -0.4 is 10.6 Å². The van der Waals surface area contributed by atoms with Gasteiger partial charge in [0.2, 0.25) is 5.91 Å². The van der Waals surface area contributed by atoms with Crippen LogP contribution in [0.5, 0.6) is 0 Å². The molecule has 3 unspecified atom stereocenters. The van der Waals surface area contributed by atoms with E-state index in [-0.39, 0.29) is 17.9 Å². The van der Waals surface area contributed by atoms with E-state index >= 15 is 0 Å². The summed E-state index contributed by atoms with van der Waals surface area (Å²) < 4.78 is 26.4. The van der Waals surface area contributed by atoms with E-state index in [1.807, 2.05) is 6.92 Å². The smallest absolute Gasteiger partial charge is 0.237 e. The van der Waals surface area contributed by atoms with Gasteiger partial charge in [-0.1, -0.05) is 13.0 Å². The number of hydrogen-bond donors (Lipinski definition) is 2. The molecule has 1 heterocycles. The fourth-order valence-electron chi connectivity index (χ4n) is 2.42. The minimum Gasteiger partial charge on any atom is -0.348 e. The van der Waals surface area contributed by atoms with E-state index < -0.39 is 17.7 Å². The van der Waals surface area contributed by atoms with Crippen molar-refractivity contribution in [2.45, 2.75) is 32.4 Å². The van der Waals surface area contributed by atoms with Gasteiger partial charge in [0.1, 0.15) is 11.6 Å². The molecule has 19 heavy (non-hydrogen) atoms. The molecule has 1 aliphatic heterocycles. The molecule has 2 rings (SSSR count). The predicted molar refractivity (Wildman–Crippen MR) is 68.5 cm³/mol. The molecule has 104 valence electrons. The van der Waals surface area contributed by atoms with Crippen LogP contribution in [0.2, 0.25) is 0 Å². The standard InChI is InChI=1S/C14H18F2N2O/c1-8-5-6-17-13(8)14(19)18-9(2)11-4-3-10(15)7-12(11)16/h3-4,7-9,13,17H,5-6H2,1-2H3,(H,18,19). The Morgan fingerprint density at radius 2 is 2.21 bits per heavy atom. The zero-order chi connectivity index (χ0) is 14.0. The SMILES string of the molecule is CC(NC(=O)C1NCCC1C)c1ccc(F)cc1F. The summed E-state index contributed by atoms with van der Waals surface area (Å²) in [5.41, 5.74) is 0.292. The molecule has 5 heteroatoms. The van der Waals surface area contributed by atoms with Crippen molar-refractivity contribution in [3.63, 3.8) is 0 Å². The van der Waals surface area contributed by atoms with Crippen LogP contribution in [-0.2, 0) is 4.79 Å². The van der Waals surface area contributed by atoms with Crippen LogP contribution in [0.1, 0.15) is 31.9 Å². The average Bonchev–Trinajstić information content (AvgIpc) is 2.75. The quantitative estimate of drug-likeness (QED) is 0.882. The van der Waals surface area contributed by atoms with Crippen LogP contribution in [0, 0.1) is 17.6 Å². The summed E-state index contributed by atoms with van der Waals surface area (Å²) in [6, 6.07) is 2.67. The zero-order valence-corrected chi connectivity index (χ0v) is 11.0. The summed E-state index contributed by atoms with van der Waals surface area (Å²) in [7, 11) is 0. The van der Waals surface area contributed by atoms with Crippen molar-refractivity contribution in [2.24, 2.45) is 5.92 Å². The number of carbonyl (C=O) groups is 1. The Bertz CT molecular complexity index is 479. The first-order valence-corrected chi connectivity index (χ1v) is 6.47. The fourth-order valence-corrected chi connectivity index (χ4v) is 2.42. The summed E-state index contributed by atoms with van der Waals surface area (Å²) in [6.45, 7) is 4.51. The minimum absolute atomic E-state index is 0.138. The molecular formula is C14H18F2N2O. The Hall–Kier alpha value is -1.49. The third kappa shape index (κ3) is 3.10. The molecule has 0 radical (unpaired) electrons. The highest BCUT2D eigenvalue weighted by atomic mass is 19.1. The van der Waals surface area contributed by atoms with Gasteiger partial charge in [-0.2, -0.15) is 0 Å². The highest BCUT2D eigenvalue weighted by Crippen LogP contribution is 2.20. The molecule has 3 nitrogen and oxygen atoms in total. The number of hydrogen-bond acceptors (Lipinski definition) is 2. The first kappa shape index (κ1) is 13.9. The van der Waals surface area contributed by atoms with Crippen molar-refractivity contribution in [3.8, 4) is 0 Å². The van der Waals surface area contributed by atoms with Crippen molar-refractivity contribution in [1.29, 1.82) is 0 Å². The van der Waals surface area contributed by atoms with Crippen LogP contribution in [0.3, 0.4) is 0 Å². The molecule has 1 aliphatic rings. The molecule has 0 aliphatic carbocycles. The van der Waals surface area contributed by atoms with Crippen molar-refractivity contribution in [1.82, 2.24) is 10.6 Å². The zero-order valence-electron chi connectivity index (χ0n) is 11.0. The van der Waals surface area contributed by atoms with Crippen LogP contribution in [0.15, 0.2) is 18.2 Å². The number of amides is 1. The van der Waals surface area contributed by atoms with E-state index in [0.29, 0.717) is 5.56 Å².